The second-order valence-corrected chi connectivity index (χ2v) is 6.43. The molecule has 1 N–H and O–H groups in total. The van der Waals surface area contributed by atoms with Crippen LogP contribution in [0.25, 0.3) is 0 Å². The lowest BCUT2D eigenvalue weighted by atomic mass is 10.1. The Morgan fingerprint density at radius 2 is 2.05 bits per heavy atom. The van der Waals surface area contributed by atoms with Gasteiger partial charge in [0.25, 0.3) is 0 Å². The van der Waals surface area contributed by atoms with Crippen LogP contribution in [0.1, 0.15) is 26.5 Å². The fourth-order valence-corrected chi connectivity index (χ4v) is 1.91. The molecule has 0 fully saturated rings. The SMILES string of the molecule is CC(C)(C)NCc1cncc(Oc2cccc(Br)c2)n1. The van der Waals surface area contributed by atoms with E-state index in [1.54, 1.807) is 12.4 Å². The summed E-state index contributed by atoms with van der Waals surface area (Å²) in [6, 6.07) is 7.63. The van der Waals surface area contributed by atoms with Crippen LogP contribution in [-0.2, 0) is 6.54 Å². The summed E-state index contributed by atoms with van der Waals surface area (Å²) in [5, 5.41) is 3.37. The second kappa shape index (κ2) is 6.33. The Kier molecular flexibility index (Phi) is 4.73. The average molecular weight is 336 g/mol. The Morgan fingerprint density at radius 1 is 1.25 bits per heavy atom. The van der Waals surface area contributed by atoms with Gasteiger partial charge in [0.05, 0.1) is 11.9 Å². The molecule has 0 amide bonds. The molecule has 0 aliphatic heterocycles. The number of rotatable bonds is 4. The number of aromatic nitrogens is 2. The summed E-state index contributed by atoms with van der Waals surface area (Å²) in [5.41, 5.74) is 0.899. The molecule has 0 atom stereocenters. The first-order valence-corrected chi connectivity index (χ1v) is 7.21. The summed E-state index contributed by atoms with van der Waals surface area (Å²) in [5.74, 6) is 1.23. The second-order valence-electron chi connectivity index (χ2n) is 5.51. The van der Waals surface area contributed by atoms with Crippen molar-refractivity contribution in [3.63, 3.8) is 0 Å². The van der Waals surface area contributed by atoms with Crippen LogP contribution in [0.15, 0.2) is 41.1 Å². The molecule has 5 heteroatoms. The molecule has 0 radical (unpaired) electrons. The molecule has 0 saturated heterocycles. The van der Waals surface area contributed by atoms with Crippen molar-refractivity contribution in [3.05, 3.63) is 46.8 Å². The molecule has 0 saturated carbocycles. The molecule has 4 nitrogen and oxygen atoms in total. The van der Waals surface area contributed by atoms with Gasteiger partial charge in [-0.3, -0.25) is 4.98 Å². The van der Waals surface area contributed by atoms with Crippen molar-refractivity contribution in [3.8, 4) is 11.6 Å². The number of nitrogens with one attached hydrogen (secondary N) is 1. The van der Waals surface area contributed by atoms with E-state index in [0.29, 0.717) is 12.4 Å². The fraction of sp³-hybridized carbons (Fsp3) is 0.333. The molecule has 0 aliphatic carbocycles. The highest BCUT2D eigenvalue weighted by Gasteiger charge is 2.09. The van der Waals surface area contributed by atoms with E-state index >= 15 is 0 Å². The van der Waals surface area contributed by atoms with Gasteiger partial charge in [0.15, 0.2) is 0 Å². The van der Waals surface area contributed by atoms with Gasteiger partial charge in [-0.15, -0.1) is 0 Å². The van der Waals surface area contributed by atoms with Gasteiger partial charge in [0, 0.05) is 22.8 Å². The zero-order valence-corrected chi connectivity index (χ0v) is 13.4. The van der Waals surface area contributed by atoms with E-state index in [0.717, 1.165) is 15.9 Å². The van der Waals surface area contributed by atoms with Crippen molar-refractivity contribution < 1.29 is 4.74 Å². The maximum Gasteiger partial charge on any atom is 0.238 e. The zero-order valence-electron chi connectivity index (χ0n) is 11.9. The monoisotopic (exact) mass is 335 g/mol. The summed E-state index contributed by atoms with van der Waals surface area (Å²) < 4.78 is 6.67. The van der Waals surface area contributed by atoms with Gasteiger partial charge in [-0.05, 0) is 39.0 Å². The molecular weight excluding hydrogens is 318 g/mol. The van der Waals surface area contributed by atoms with Crippen molar-refractivity contribution in [2.45, 2.75) is 32.9 Å². The number of ether oxygens (including phenoxy) is 1. The summed E-state index contributed by atoms with van der Waals surface area (Å²) in [6.45, 7) is 7.00. The standard InChI is InChI=1S/C15H18BrN3O/c1-15(2,3)18-9-12-8-17-10-14(19-12)20-13-6-4-5-11(16)7-13/h4-8,10,18H,9H2,1-3H3. The Bertz CT molecular complexity index is 581. The third kappa shape index (κ3) is 4.90. The topological polar surface area (TPSA) is 47.0 Å². The molecule has 0 bridgehead atoms. The molecule has 1 heterocycles. The number of halogens is 1. The molecule has 0 aliphatic rings. The summed E-state index contributed by atoms with van der Waals surface area (Å²) in [4.78, 5) is 8.60. The van der Waals surface area contributed by atoms with Crippen LogP contribution in [0.2, 0.25) is 0 Å². The largest absolute Gasteiger partial charge is 0.437 e. The van der Waals surface area contributed by atoms with E-state index in [4.69, 9.17) is 4.74 Å². The molecule has 106 valence electrons. The van der Waals surface area contributed by atoms with Crippen LogP contribution < -0.4 is 10.1 Å². The van der Waals surface area contributed by atoms with Crippen molar-refractivity contribution in [1.82, 2.24) is 15.3 Å². The lowest BCUT2D eigenvalue weighted by Crippen LogP contribution is -2.35. The normalized spacial score (nSPS) is 11.4. The van der Waals surface area contributed by atoms with Crippen LogP contribution in [-0.4, -0.2) is 15.5 Å². The summed E-state index contributed by atoms with van der Waals surface area (Å²) in [7, 11) is 0. The van der Waals surface area contributed by atoms with Gasteiger partial charge in [0.2, 0.25) is 5.88 Å². The number of nitrogens with zero attached hydrogens (tertiary/aromatic N) is 2. The van der Waals surface area contributed by atoms with Crippen molar-refractivity contribution >= 4 is 15.9 Å². The van der Waals surface area contributed by atoms with Gasteiger partial charge in [-0.25, -0.2) is 4.98 Å². The van der Waals surface area contributed by atoms with Crippen LogP contribution in [0.5, 0.6) is 11.6 Å². The molecule has 1 aromatic carbocycles. The highest BCUT2D eigenvalue weighted by atomic mass is 79.9. The van der Waals surface area contributed by atoms with Gasteiger partial charge in [-0.2, -0.15) is 0 Å². The summed E-state index contributed by atoms with van der Waals surface area (Å²) >= 11 is 3.41. The van der Waals surface area contributed by atoms with E-state index in [2.05, 4.69) is 52.0 Å². The van der Waals surface area contributed by atoms with Gasteiger partial charge in [0.1, 0.15) is 5.75 Å². The lowest BCUT2D eigenvalue weighted by molar-refractivity contribution is 0.414. The van der Waals surface area contributed by atoms with Crippen LogP contribution >= 0.6 is 15.9 Å². The van der Waals surface area contributed by atoms with Crippen LogP contribution in [0.3, 0.4) is 0 Å². The Morgan fingerprint density at radius 3 is 2.75 bits per heavy atom. The first kappa shape index (κ1) is 14.9. The molecular formula is C15H18BrN3O. The number of hydrogen-bond acceptors (Lipinski definition) is 4. The molecule has 2 rings (SSSR count). The van der Waals surface area contributed by atoms with E-state index in [-0.39, 0.29) is 5.54 Å². The van der Waals surface area contributed by atoms with Crippen molar-refractivity contribution in [2.24, 2.45) is 0 Å². The smallest absolute Gasteiger partial charge is 0.238 e. The quantitative estimate of drug-likeness (QED) is 0.919. The van der Waals surface area contributed by atoms with E-state index < -0.39 is 0 Å². The lowest BCUT2D eigenvalue weighted by Gasteiger charge is -2.20. The predicted molar refractivity (Wildman–Crippen MR) is 82.8 cm³/mol. The minimum absolute atomic E-state index is 0.0445. The third-order valence-corrected chi connectivity index (χ3v) is 2.97. The third-order valence-electron chi connectivity index (χ3n) is 2.48. The van der Waals surface area contributed by atoms with Crippen LogP contribution in [0, 0.1) is 0 Å². The van der Waals surface area contributed by atoms with Crippen LogP contribution in [0.4, 0.5) is 0 Å². The van der Waals surface area contributed by atoms with Crippen molar-refractivity contribution in [1.29, 1.82) is 0 Å². The Hall–Kier alpha value is -1.46. The minimum Gasteiger partial charge on any atom is -0.437 e. The van der Waals surface area contributed by atoms with Gasteiger partial charge in [-0.1, -0.05) is 22.0 Å². The Balaban J connectivity index is 2.06. The summed E-state index contributed by atoms with van der Waals surface area (Å²) in [6.07, 6.45) is 3.36. The fourth-order valence-electron chi connectivity index (χ4n) is 1.53. The molecule has 1 aromatic heterocycles. The number of hydrogen-bond donors (Lipinski definition) is 1. The van der Waals surface area contributed by atoms with Gasteiger partial charge >= 0.3 is 0 Å². The molecule has 0 unspecified atom stereocenters. The maximum absolute atomic E-state index is 5.70. The highest BCUT2D eigenvalue weighted by molar-refractivity contribution is 9.10. The predicted octanol–water partition coefficient (Wildman–Crippen LogP) is 3.92. The number of benzene rings is 1. The first-order valence-electron chi connectivity index (χ1n) is 6.42. The first-order chi connectivity index (χ1) is 9.42. The molecule has 0 spiro atoms. The Labute approximate surface area is 127 Å². The molecule has 2 aromatic rings. The van der Waals surface area contributed by atoms with E-state index in [1.165, 1.54) is 0 Å². The maximum atomic E-state index is 5.70. The van der Waals surface area contributed by atoms with E-state index in [1.807, 2.05) is 24.3 Å². The molecule has 20 heavy (non-hydrogen) atoms. The van der Waals surface area contributed by atoms with Gasteiger partial charge < -0.3 is 10.1 Å². The highest BCUT2D eigenvalue weighted by Crippen LogP contribution is 2.22. The minimum atomic E-state index is 0.0445. The van der Waals surface area contributed by atoms with E-state index in [9.17, 15) is 0 Å². The average Bonchev–Trinajstić information content (AvgIpc) is 2.36. The van der Waals surface area contributed by atoms with Crippen molar-refractivity contribution in [2.75, 3.05) is 0 Å². The zero-order chi connectivity index (χ0) is 14.6.